The van der Waals surface area contributed by atoms with Crippen LogP contribution in [0.4, 0.5) is 10.1 Å². The largest absolute Gasteiger partial charge is 0.482 e. The van der Waals surface area contributed by atoms with Crippen molar-refractivity contribution in [1.82, 2.24) is 0 Å². The third-order valence-corrected chi connectivity index (χ3v) is 6.86. The summed E-state index contributed by atoms with van der Waals surface area (Å²) in [4.78, 5) is 26.5. The summed E-state index contributed by atoms with van der Waals surface area (Å²) in [6.07, 6.45) is 5.67. The monoisotopic (exact) mass is 427 g/mol. The van der Waals surface area contributed by atoms with E-state index >= 15 is 0 Å². The molecule has 1 heterocycles. The van der Waals surface area contributed by atoms with Gasteiger partial charge < -0.3 is 9.47 Å². The lowest BCUT2D eigenvalue weighted by Gasteiger charge is -2.25. The highest BCUT2D eigenvalue weighted by Crippen LogP contribution is 2.41. The van der Waals surface area contributed by atoms with Crippen LogP contribution in [-0.4, -0.2) is 37.0 Å². The van der Waals surface area contributed by atoms with Gasteiger partial charge in [-0.25, -0.2) is 9.29 Å². The van der Waals surface area contributed by atoms with Crippen LogP contribution in [-0.2, 0) is 14.3 Å². The molecule has 2 amide bonds. The van der Waals surface area contributed by atoms with E-state index in [1.54, 1.807) is 13.2 Å². The summed E-state index contributed by atoms with van der Waals surface area (Å²) in [5, 5.41) is 0.0897. The molecule has 0 bridgehead atoms. The van der Waals surface area contributed by atoms with Crippen molar-refractivity contribution < 1.29 is 23.5 Å². The molecule has 0 spiro atoms. The number of amides is 2. The average molecular weight is 428 g/mol. The second-order valence-electron chi connectivity index (χ2n) is 6.92. The first-order chi connectivity index (χ1) is 13.4. The minimum atomic E-state index is -0.726. The van der Waals surface area contributed by atoms with Crippen molar-refractivity contribution in [1.29, 1.82) is 0 Å². The van der Waals surface area contributed by atoms with Gasteiger partial charge in [-0.1, -0.05) is 39.3 Å². The quantitative estimate of drug-likeness (QED) is 0.368. The van der Waals surface area contributed by atoms with Crippen LogP contribution in [0.15, 0.2) is 24.3 Å². The number of allylic oxidation sites excluding steroid dienone is 1. The zero-order valence-electron chi connectivity index (χ0n) is 16.1. The second kappa shape index (κ2) is 8.89. The Bertz CT molecular complexity index is 803. The molecule has 3 rings (SSSR count). The highest BCUT2D eigenvalue weighted by Gasteiger charge is 2.48. The van der Waals surface area contributed by atoms with Gasteiger partial charge in [0.2, 0.25) is 11.8 Å². The molecule has 1 aromatic rings. The van der Waals surface area contributed by atoms with Crippen LogP contribution in [0.2, 0.25) is 5.02 Å². The predicted octanol–water partition coefficient (Wildman–Crippen LogP) is 4.37. The number of carbonyl (C=O) groups is 2. The van der Waals surface area contributed by atoms with Crippen molar-refractivity contribution in [3.05, 3.63) is 35.1 Å². The van der Waals surface area contributed by atoms with Crippen molar-refractivity contribution in [2.45, 2.75) is 38.6 Å². The third-order valence-electron chi connectivity index (χ3n) is 5.16. The van der Waals surface area contributed by atoms with Gasteiger partial charge in [-0.2, -0.15) is 0 Å². The standard InChI is InChI=1S/C20H24ClFNO4P/c1-4-28-20(11(2)26-3)27-17-10-16(15(22)9-14(17)21)23-18(24)12-7-5-6-8-13(12)19(23)25/h5,7,9-13,20,28H,4,6,8H2,1-3H3. The first-order valence-corrected chi connectivity index (χ1v) is 11.0. The van der Waals surface area contributed by atoms with Gasteiger partial charge in [0.05, 0.1) is 28.6 Å². The summed E-state index contributed by atoms with van der Waals surface area (Å²) >= 11 is 6.19. The maximum atomic E-state index is 14.7. The number of nitrogens with zero attached hydrogens (tertiary/aromatic N) is 1. The molecule has 1 aromatic carbocycles. The number of anilines is 1. The smallest absolute Gasteiger partial charge is 0.241 e. The number of hydrogen-bond donors (Lipinski definition) is 0. The highest BCUT2D eigenvalue weighted by molar-refractivity contribution is 7.38. The van der Waals surface area contributed by atoms with E-state index in [0.29, 0.717) is 15.0 Å². The fraction of sp³-hybridized carbons (Fsp3) is 0.500. The Hall–Kier alpha value is -1.49. The van der Waals surface area contributed by atoms with E-state index in [1.165, 1.54) is 6.07 Å². The Morgan fingerprint density at radius 3 is 2.75 bits per heavy atom. The van der Waals surface area contributed by atoms with Gasteiger partial charge in [0, 0.05) is 13.2 Å². The molecular formula is C20H24ClFNO4P. The lowest BCUT2D eigenvalue weighted by atomic mass is 9.86. The first-order valence-electron chi connectivity index (χ1n) is 9.35. The molecule has 152 valence electrons. The SMILES string of the molecule is CCPC(Oc1cc(N2C(=O)C3C=CCCC3C2=O)c(F)cc1Cl)C(C)OC. The number of hydrogen-bond acceptors (Lipinski definition) is 4. The summed E-state index contributed by atoms with van der Waals surface area (Å²) in [6, 6.07) is 2.44. The fourth-order valence-corrected chi connectivity index (χ4v) is 4.85. The topological polar surface area (TPSA) is 55.8 Å². The lowest BCUT2D eigenvalue weighted by molar-refractivity contribution is -0.122. The molecule has 0 N–H and O–H groups in total. The molecule has 1 aliphatic heterocycles. The molecule has 28 heavy (non-hydrogen) atoms. The number of methoxy groups -OCH3 is 1. The number of ether oxygens (including phenoxy) is 2. The van der Waals surface area contributed by atoms with Crippen molar-refractivity contribution in [2.24, 2.45) is 11.8 Å². The Kier molecular flexibility index (Phi) is 6.74. The van der Waals surface area contributed by atoms with E-state index in [4.69, 9.17) is 21.1 Å². The summed E-state index contributed by atoms with van der Waals surface area (Å²) in [7, 11) is 2.04. The van der Waals surface area contributed by atoms with Gasteiger partial charge in [0.25, 0.3) is 0 Å². The zero-order chi connectivity index (χ0) is 20.4. The predicted molar refractivity (Wildman–Crippen MR) is 109 cm³/mol. The molecule has 2 aliphatic rings. The molecule has 0 aromatic heterocycles. The minimum Gasteiger partial charge on any atom is -0.482 e. The Morgan fingerprint density at radius 1 is 1.36 bits per heavy atom. The third kappa shape index (κ3) is 3.96. The van der Waals surface area contributed by atoms with E-state index in [1.807, 2.05) is 19.9 Å². The second-order valence-corrected chi connectivity index (χ2v) is 9.01. The average Bonchev–Trinajstić information content (AvgIpc) is 2.94. The van der Waals surface area contributed by atoms with Crippen LogP contribution >= 0.6 is 20.2 Å². The van der Waals surface area contributed by atoms with Crippen LogP contribution in [0.5, 0.6) is 5.75 Å². The van der Waals surface area contributed by atoms with Gasteiger partial charge >= 0.3 is 0 Å². The van der Waals surface area contributed by atoms with Gasteiger partial charge in [0.1, 0.15) is 17.4 Å². The summed E-state index contributed by atoms with van der Waals surface area (Å²) < 4.78 is 26.1. The summed E-state index contributed by atoms with van der Waals surface area (Å²) in [6.45, 7) is 3.92. The highest BCUT2D eigenvalue weighted by atomic mass is 35.5. The normalized spacial score (nSPS) is 24.1. The van der Waals surface area contributed by atoms with Gasteiger partial charge in [-0.3, -0.25) is 9.59 Å². The van der Waals surface area contributed by atoms with E-state index in [9.17, 15) is 14.0 Å². The minimum absolute atomic E-state index is 0.0897. The number of rotatable bonds is 7. The number of fused-ring (bicyclic) bond motifs is 1. The van der Waals surface area contributed by atoms with Crippen LogP contribution in [0.3, 0.4) is 0 Å². The van der Waals surface area contributed by atoms with E-state index in [2.05, 4.69) is 0 Å². The number of imide groups is 1. The maximum absolute atomic E-state index is 14.7. The maximum Gasteiger partial charge on any atom is 0.241 e. The number of halogens is 2. The van der Waals surface area contributed by atoms with Crippen LogP contribution in [0, 0.1) is 17.7 Å². The molecule has 5 unspecified atom stereocenters. The molecule has 0 radical (unpaired) electrons. The van der Waals surface area contributed by atoms with E-state index in [-0.39, 0.29) is 34.3 Å². The molecule has 0 saturated carbocycles. The Labute approximate surface area is 171 Å². The molecule has 5 nitrogen and oxygen atoms in total. The van der Waals surface area contributed by atoms with E-state index < -0.39 is 23.6 Å². The number of carbonyl (C=O) groups excluding carboxylic acids is 2. The van der Waals surface area contributed by atoms with Crippen molar-refractivity contribution in [3.8, 4) is 5.75 Å². The molecule has 1 saturated heterocycles. The fourth-order valence-electron chi connectivity index (χ4n) is 3.57. The molecule has 1 fully saturated rings. The van der Waals surface area contributed by atoms with Gasteiger partial charge in [0.15, 0.2) is 0 Å². The summed E-state index contributed by atoms with van der Waals surface area (Å²) in [5.74, 6) is -2.49. The van der Waals surface area contributed by atoms with Crippen LogP contribution in [0.1, 0.15) is 26.7 Å². The molecule has 5 atom stereocenters. The Balaban J connectivity index is 1.94. The van der Waals surface area contributed by atoms with Gasteiger partial charge in [-0.15, -0.1) is 0 Å². The van der Waals surface area contributed by atoms with E-state index in [0.717, 1.165) is 23.5 Å². The summed E-state index contributed by atoms with van der Waals surface area (Å²) in [5.41, 5.74) is -0.110. The molecule has 1 aliphatic carbocycles. The van der Waals surface area contributed by atoms with Crippen molar-refractivity contribution >= 4 is 37.7 Å². The molecule has 8 heteroatoms. The van der Waals surface area contributed by atoms with Crippen molar-refractivity contribution in [3.63, 3.8) is 0 Å². The number of benzene rings is 1. The Morgan fingerprint density at radius 2 is 2.11 bits per heavy atom. The zero-order valence-corrected chi connectivity index (χ0v) is 17.8. The van der Waals surface area contributed by atoms with Crippen molar-refractivity contribution in [2.75, 3.05) is 18.2 Å². The first kappa shape index (κ1) is 21.2. The van der Waals surface area contributed by atoms with Crippen LogP contribution in [0.25, 0.3) is 0 Å². The molecular weight excluding hydrogens is 404 g/mol. The van der Waals surface area contributed by atoms with Crippen LogP contribution < -0.4 is 9.64 Å². The van der Waals surface area contributed by atoms with Gasteiger partial charge in [-0.05, 0) is 32.0 Å². The lowest BCUT2D eigenvalue weighted by Crippen LogP contribution is -2.32.